The molecule has 3 heteroatoms. The Kier molecular flexibility index (Phi) is 2.91. The molecule has 96 valence electrons. The Labute approximate surface area is 117 Å². The second-order valence-corrected chi connectivity index (χ2v) is 6.37. The van der Waals surface area contributed by atoms with Gasteiger partial charge in [-0.15, -0.1) is 11.3 Å². The molecule has 2 aromatic rings. The largest absolute Gasteiger partial charge is 0.240 e. The van der Waals surface area contributed by atoms with Gasteiger partial charge in [0.2, 0.25) is 0 Å². The van der Waals surface area contributed by atoms with Crippen molar-refractivity contribution in [3.63, 3.8) is 0 Å². The van der Waals surface area contributed by atoms with Crippen LogP contribution in [0.1, 0.15) is 43.2 Å². The van der Waals surface area contributed by atoms with Gasteiger partial charge in [-0.1, -0.05) is 38.1 Å². The summed E-state index contributed by atoms with van der Waals surface area (Å²) >= 11 is 1.62. The van der Waals surface area contributed by atoms with E-state index in [-0.39, 0.29) is 5.41 Å². The number of thiazole rings is 1. The number of hydrogen-bond donors (Lipinski definition) is 0. The second kappa shape index (κ2) is 4.47. The van der Waals surface area contributed by atoms with E-state index in [1.807, 2.05) is 0 Å². The highest BCUT2D eigenvalue weighted by atomic mass is 32.1. The molecule has 1 heterocycles. The van der Waals surface area contributed by atoms with Gasteiger partial charge in [-0.05, 0) is 24.3 Å². The monoisotopic (exact) mass is 268 g/mol. The van der Waals surface area contributed by atoms with Crippen LogP contribution in [0.25, 0.3) is 11.3 Å². The molecule has 0 amide bonds. The first-order valence-electron chi connectivity index (χ1n) is 6.62. The minimum Gasteiger partial charge on any atom is -0.240 e. The maximum absolute atomic E-state index is 9.20. The molecule has 3 rings (SSSR count). The van der Waals surface area contributed by atoms with E-state index < -0.39 is 0 Å². The molecule has 0 spiro atoms. The van der Waals surface area contributed by atoms with Crippen LogP contribution >= 0.6 is 11.3 Å². The standard InChI is InChI=1S/C16H16N2S/c1-11(2)12-3-5-13(6-4-12)14-9-19-15(18-14)16(10-17)7-8-16/h3-6,9,11H,7-8H2,1-2H3. The van der Waals surface area contributed by atoms with E-state index in [0.29, 0.717) is 5.92 Å². The van der Waals surface area contributed by atoms with Gasteiger partial charge in [0, 0.05) is 10.9 Å². The molecule has 1 saturated carbocycles. The molecule has 0 radical (unpaired) electrons. The molecule has 0 bridgehead atoms. The van der Waals surface area contributed by atoms with Crippen molar-refractivity contribution < 1.29 is 0 Å². The highest BCUT2D eigenvalue weighted by molar-refractivity contribution is 7.10. The molecular formula is C16H16N2S. The van der Waals surface area contributed by atoms with Gasteiger partial charge in [-0.3, -0.25) is 0 Å². The van der Waals surface area contributed by atoms with E-state index in [2.05, 4.69) is 54.5 Å². The van der Waals surface area contributed by atoms with E-state index in [9.17, 15) is 5.26 Å². The number of nitrogens with zero attached hydrogens (tertiary/aromatic N) is 2. The molecular weight excluding hydrogens is 252 g/mol. The zero-order valence-electron chi connectivity index (χ0n) is 11.2. The van der Waals surface area contributed by atoms with Crippen molar-refractivity contribution in [2.45, 2.75) is 38.0 Å². The fraction of sp³-hybridized carbons (Fsp3) is 0.375. The van der Waals surface area contributed by atoms with Gasteiger partial charge in [-0.25, -0.2) is 4.98 Å². The summed E-state index contributed by atoms with van der Waals surface area (Å²) in [5, 5.41) is 12.3. The predicted molar refractivity (Wildman–Crippen MR) is 78.2 cm³/mol. The Hall–Kier alpha value is -1.66. The van der Waals surface area contributed by atoms with Gasteiger partial charge in [0.1, 0.15) is 10.4 Å². The smallest absolute Gasteiger partial charge is 0.114 e. The van der Waals surface area contributed by atoms with Crippen LogP contribution in [0, 0.1) is 11.3 Å². The van der Waals surface area contributed by atoms with Gasteiger partial charge in [0.25, 0.3) is 0 Å². The summed E-state index contributed by atoms with van der Waals surface area (Å²) in [6, 6.07) is 11.0. The van der Waals surface area contributed by atoms with Gasteiger partial charge >= 0.3 is 0 Å². The molecule has 19 heavy (non-hydrogen) atoms. The summed E-state index contributed by atoms with van der Waals surface area (Å²) in [6.07, 6.45) is 1.92. The highest BCUT2D eigenvalue weighted by Gasteiger charge is 2.47. The molecule has 0 unspecified atom stereocenters. The van der Waals surface area contributed by atoms with Crippen LogP contribution in [0.4, 0.5) is 0 Å². The molecule has 0 saturated heterocycles. The van der Waals surface area contributed by atoms with Crippen LogP contribution in [0.15, 0.2) is 29.6 Å². The van der Waals surface area contributed by atoms with Crippen molar-refractivity contribution >= 4 is 11.3 Å². The lowest BCUT2D eigenvalue weighted by Crippen LogP contribution is -2.01. The van der Waals surface area contributed by atoms with Crippen LogP contribution in [-0.2, 0) is 5.41 Å². The minimum absolute atomic E-state index is 0.263. The van der Waals surface area contributed by atoms with Crippen molar-refractivity contribution in [2.75, 3.05) is 0 Å². The van der Waals surface area contributed by atoms with Crippen molar-refractivity contribution in [3.05, 3.63) is 40.2 Å². The second-order valence-electron chi connectivity index (χ2n) is 5.51. The lowest BCUT2D eigenvalue weighted by Gasteiger charge is -2.05. The van der Waals surface area contributed by atoms with Crippen molar-refractivity contribution in [1.82, 2.24) is 4.98 Å². The fourth-order valence-electron chi connectivity index (χ4n) is 2.16. The van der Waals surface area contributed by atoms with Crippen LogP contribution < -0.4 is 0 Å². The number of benzene rings is 1. The van der Waals surface area contributed by atoms with E-state index in [0.717, 1.165) is 29.1 Å². The molecule has 1 fully saturated rings. The lowest BCUT2D eigenvalue weighted by atomic mass is 10.0. The van der Waals surface area contributed by atoms with Gasteiger partial charge < -0.3 is 0 Å². The SMILES string of the molecule is CC(C)c1ccc(-c2csc(C3(C#N)CC3)n2)cc1. The first kappa shape index (κ1) is 12.4. The highest BCUT2D eigenvalue weighted by Crippen LogP contribution is 2.49. The van der Waals surface area contributed by atoms with E-state index >= 15 is 0 Å². The molecule has 0 aliphatic heterocycles. The topological polar surface area (TPSA) is 36.7 Å². The summed E-state index contributed by atoms with van der Waals surface area (Å²) in [7, 11) is 0. The summed E-state index contributed by atoms with van der Waals surface area (Å²) in [6.45, 7) is 4.39. The maximum Gasteiger partial charge on any atom is 0.114 e. The zero-order valence-corrected chi connectivity index (χ0v) is 12.0. The third kappa shape index (κ3) is 2.17. The van der Waals surface area contributed by atoms with Crippen LogP contribution in [0.2, 0.25) is 0 Å². The number of hydrogen-bond acceptors (Lipinski definition) is 3. The Morgan fingerprint density at radius 3 is 2.47 bits per heavy atom. The van der Waals surface area contributed by atoms with E-state index in [4.69, 9.17) is 0 Å². The zero-order chi connectivity index (χ0) is 13.5. The molecule has 2 nitrogen and oxygen atoms in total. The maximum atomic E-state index is 9.20. The molecule has 0 atom stereocenters. The molecule has 1 aliphatic rings. The van der Waals surface area contributed by atoms with Gasteiger partial charge in [-0.2, -0.15) is 5.26 Å². The molecule has 1 aromatic heterocycles. The van der Waals surface area contributed by atoms with Crippen LogP contribution in [0.3, 0.4) is 0 Å². The van der Waals surface area contributed by atoms with Crippen molar-refractivity contribution in [1.29, 1.82) is 5.26 Å². The third-order valence-corrected chi connectivity index (χ3v) is 4.80. The lowest BCUT2D eigenvalue weighted by molar-refractivity contribution is 0.866. The number of nitriles is 1. The normalized spacial score (nSPS) is 16.3. The van der Waals surface area contributed by atoms with Crippen LogP contribution in [-0.4, -0.2) is 4.98 Å². The first-order valence-corrected chi connectivity index (χ1v) is 7.50. The third-order valence-electron chi connectivity index (χ3n) is 3.75. The molecule has 1 aromatic carbocycles. The van der Waals surface area contributed by atoms with Crippen LogP contribution in [0.5, 0.6) is 0 Å². The Balaban J connectivity index is 1.89. The Morgan fingerprint density at radius 2 is 1.95 bits per heavy atom. The minimum atomic E-state index is -0.263. The summed E-state index contributed by atoms with van der Waals surface area (Å²) in [5.74, 6) is 0.549. The predicted octanol–water partition coefficient (Wildman–Crippen LogP) is 4.49. The first-order chi connectivity index (χ1) is 9.14. The summed E-state index contributed by atoms with van der Waals surface area (Å²) < 4.78 is 0. The average Bonchev–Trinajstić information content (AvgIpc) is 3.08. The average molecular weight is 268 g/mol. The number of rotatable bonds is 3. The number of aromatic nitrogens is 1. The fourth-order valence-corrected chi connectivity index (χ4v) is 3.20. The van der Waals surface area contributed by atoms with Gasteiger partial charge in [0.05, 0.1) is 11.8 Å². The molecule has 1 aliphatic carbocycles. The summed E-state index contributed by atoms with van der Waals surface area (Å²) in [4.78, 5) is 4.66. The van der Waals surface area contributed by atoms with E-state index in [1.54, 1.807) is 11.3 Å². The quantitative estimate of drug-likeness (QED) is 0.822. The molecule has 0 N–H and O–H groups in total. The van der Waals surface area contributed by atoms with E-state index in [1.165, 1.54) is 5.56 Å². The Morgan fingerprint density at radius 1 is 1.26 bits per heavy atom. The van der Waals surface area contributed by atoms with Gasteiger partial charge in [0.15, 0.2) is 0 Å². The van der Waals surface area contributed by atoms with Crippen molar-refractivity contribution in [2.24, 2.45) is 0 Å². The van der Waals surface area contributed by atoms with Crippen molar-refractivity contribution in [3.8, 4) is 17.3 Å². The summed E-state index contributed by atoms with van der Waals surface area (Å²) in [5.41, 5.74) is 3.22. The Bertz CT molecular complexity index is 628.